The third-order valence-corrected chi connectivity index (χ3v) is 5.98. The fourth-order valence-electron chi connectivity index (χ4n) is 3.04. The molecule has 4 rings (SSSR count). The van der Waals surface area contributed by atoms with Crippen molar-refractivity contribution in [3.05, 3.63) is 40.6 Å². The Balaban J connectivity index is 1.38. The third-order valence-electron chi connectivity index (χ3n) is 4.41. The second-order valence-electron chi connectivity index (χ2n) is 6.25. The fraction of sp³-hybridized carbons (Fsp3) is 0.353. The maximum Gasteiger partial charge on any atom is 0.254 e. The van der Waals surface area contributed by atoms with E-state index in [0.29, 0.717) is 5.56 Å². The third kappa shape index (κ3) is 3.55. The molecule has 0 spiro atoms. The number of benzene rings is 1. The lowest BCUT2D eigenvalue weighted by molar-refractivity contribution is 0.0931. The molecule has 0 bridgehead atoms. The van der Waals surface area contributed by atoms with E-state index in [2.05, 4.69) is 37.3 Å². The first-order chi connectivity index (χ1) is 12.1. The molecule has 1 saturated heterocycles. The number of fused-ring (bicyclic) bond motifs is 1. The van der Waals surface area contributed by atoms with Gasteiger partial charge in [-0.3, -0.25) is 9.48 Å². The molecule has 1 amide bonds. The average molecular weight is 420 g/mol. The van der Waals surface area contributed by atoms with E-state index in [1.54, 1.807) is 28.4 Å². The zero-order chi connectivity index (χ0) is 17.4. The number of aromatic nitrogens is 3. The molecule has 0 aliphatic carbocycles. The Morgan fingerprint density at radius 3 is 2.88 bits per heavy atom. The van der Waals surface area contributed by atoms with Crippen LogP contribution in [-0.4, -0.2) is 39.8 Å². The fourth-order valence-corrected chi connectivity index (χ4v) is 4.61. The summed E-state index contributed by atoms with van der Waals surface area (Å²) < 4.78 is 3.91. The number of thiazole rings is 1. The number of nitrogens with zero attached hydrogens (tertiary/aromatic N) is 4. The molecular weight excluding hydrogens is 402 g/mol. The van der Waals surface area contributed by atoms with Crippen LogP contribution >= 0.6 is 27.3 Å². The molecule has 6 nitrogen and oxygen atoms in total. The smallest absolute Gasteiger partial charge is 0.254 e. The Bertz CT molecular complexity index is 913. The summed E-state index contributed by atoms with van der Waals surface area (Å²) in [6, 6.07) is 6.37. The van der Waals surface area contributed by atoms with E-state index >= 15 is 0 Å². The highest BCUT2D eigenvalue weighted by molar-refractivity contribution is 9.10. The van der Waals surface area contributed by atoms with E-state index in [1.807, 2.05) is 19.2 Å². The van der Waals surface area contributed by atoms with Crippen molar-refractivity contribution >= 4 is 48.5 Å². The lowest BCUT2D eigenvalue weighted by atomic mass is 10.1. The summed E-state index contributed by atoms with van der Waals surface area (Å²) in [7, 11) is 1.81. The Kier molecular flexibility index (Phi) is 4.47. The van der Waals surface area contributed by atoms with Crippen LogP contribution in [0.5, 0.6) is 0 Å². The molecule has 1 fully saturated rings. The van der Waals surface area contributed by atoms with Crippen LogP contribution in [0.3, 0.4) is 0 Å². The molecule has 8 heteroatoms. The molecule has 3 aromatic rings. The second-order valence-corrected chi connectivity index (χ2v) is 8.17. The van der Waals surface area contributed by atoms with Gasteiger partial charge in [0.2, 0.25) is 0 Å². The standard InChI is InChI=1S/C17H18BrN5OS/c1-22-10-11(9-19-22)16(24)20-13-4-6-23(7-5-13)17-21-14-3-2-12(18)8-15(14)25-17/h2-3,8-10,13H,4-7H2,1H3,(H,20,24). The van der Waals surface area contributed by atoms with Crippen LogP contribution in [0.1, 0.15) is 23.2 Å². The first-order valence-corrected chi connectivity index (χ1v) is 9.80. The predicted molar refractivity (Wildman–Crippen MR) is 103 cm³/mol. The number of carbonyl (C=O) groups excluding carboxylic acids is 1. The maximum atomic E-state index is 12.2. The molecule has 2 aromatic heterocycles. The van der Waals surface area contributed by atoms with Gasteiger partial charge in [0.25, 0.3) is 5.91 Å². The average Bonchev–Trinajstić information content (AvgIpc) is 3.21. The molecule has 1 aromatic carbocycles. The summed E-state index contributed by atoms with van der Waals surface area (Å²) in [5.41, 5.74) is 1.65. The van der Waals surface area contributed by atoms with Crippen LogP contribution in [0.4, 0.5) is 5.13 Å². The van der Waals surface area contributed by atoms with Crippen LogP contribution in [-0.2, 0) is 7.05 Å². The van der Waals surface area contributed by atoms with Gasteiger partial charge in [-0.15, -0.1) is 0 Å². The van der Waals surface area contributed by atoms with Crippen molar-refractivity contribution in [3.8, 4) is 0 Å². The number of piperidine rings is 1. The van der Waals surface area contributed by atoms with E-state index < -0.39 is 0 Å². The summed E-state index contributed by atoms with van der Waals surface area (Å²) in [5.74, 6) is -0.0450. The Morgan fingerprint density at radius 1 is 1.36 bits per heavy atom. The SMILES string of the molecule is Cn1cc(C(=O)NC2CCN(c3nc4ccc(Br)cc4s3)CC2)cn1. The minimum atomic E-state index is -0.0450. The van der Waals surface area contributed by atoms with Crippen molar-refractivity contribution in [2.75, 3.05) is 18.0 Å². The summed E-state index contributed by atoms with van der Waals surface area (Å²) in [6.45, 7) is 1.80. The number of hydrogen-bond acceptors (Lipinski definition) is 5. The van der Waals surface area contributed by atoms with Crippen molar-refractivity contribution < 1.29 is 4.79 Å². The van der Waals surface area contributed by atoms with E-state index in [4.69, 9.17) is 4.98 Å². The molecule has 25 heavy (non-hydrogen) atoms. The van der Waals surface area contributed by atoms with Gasteiger partial charge in [0.1, 0.15) is 0 Å². The Labute approximate surface area is 158 Å². The van der Waals surface area contributed by atoms with Crippen LogP contribution in [0, 0.1) is 0 Å². The van der Waals surface area contributed by atoms with Gasteiger partial charge in [0, 0.05) is 36.8 Å². The highest BCUT2D eigenvalue weighted by Gasteiger charge is 2.23. The monoisotopic (exact) mass is 419 g/mol. The van der Waals surface area contributed by atoms with Gasteiger partial charge in [-0.2, -0.15) is 5.10 Å². The van der Waals surface area contributed by atoms with Gasteiger partial charge in [0.05, 0.1) is 22.0 Å². The van der Waals surface area contributed by atoms with Crippen LogP contribution in [0.15, 0.2) is 35.1 Å². The maximum absolute atomic E-state index is 12.2. The number of aryl methyl sites for hydroxylation is 1. The number of halogens is 1. The predicted octanol–water partition coefficient (Wildman–Crippen LogP) is 3.19. The molecule has 0 radical (unpaired) electrons. The lowest BCUT2D eigenvalue weighted by Crippen LogP contribution is -2.44. The van der Waals surface area contributed by atoms with Crippen LogP contribution in [0.2, 0.25) is 0 Å². The Hall–Kier alpha value is -1.93. The molecule has 0 unspecified atom stereocenters. The zero-order valence-electron chi connectivity index (χ0n) is 13.8. The van der Waals surface area contributed by atoms with Crippen molar-refractivity contribution in [2.24, 2.45) is 7.05 Å². The van der Waals surface area contributed by atoms with Crippen molar-refractivity contribution in [2.45, 2.75) is 18.9 Å². The molecule has 1 aliphatic heterocycles. The Morgan fingerprint density at radius 2 is 2.16 bits per heavy atom. The normalized spacial score (nSPS) is 15.7. The molecular formula is C17H18BrN5OS. The quantitative estimate of drug-likeness (QED) is 0.707. The van der Waals surface area contributed by atoms with E-state index in [1.165, 1.54) is 4.70 Å². The number of rotatable bonds is 3. The highest BCUT2D eigenvalue weighted by Crippen LogP contribution is 2.32. The van der Waals surface area contributed by atoms with Gasteiger partial charge < -0.3 is 10.2 Å². The van der Waals surface area contributed by atoms with Gasteiger partial charge >= 0.3 is 0 Å². The zero-order valence-corrected chi connectivity index (χ0v) is 16.2. The highest BCUT2D eigenvalue weighted by atomic mass is 79.9. The van der Waals surface area contributed by atoms with Gasteiger partial charge in [-0.05, 0) is 31.0 Å². The number of hydrogen-bond donors (Lipinski definition) is 1. The first-order valence-electron chi connectivity index (χ1n) is 8.19. The first kappa shape index (κ1) is 16.5. The van der Waals surface area contributed by atoms with Crippen molar-refractivity contribution in [1.29, 1.82) is 0 Å². The largest absolute Gasteiger partial charge is 0.349 e. The summed E-state index contributed by atoms with van der Waals surface area (Å²) >= 11 is 5.23. The molecule has 1 aliphatic rings. The lowest BCUT2D eigenvalue weighted by Gasteiger charge is -2.32. The molecule has 1 N–H and O–H groups in total. The van der Waals surface area contributed by atoms with Crippen molar-refractivity contribution in [3.63, 3.8) is 0 Å². The minimum absolute atomic E-state index is 0.0450. The second kappa shape index (κ2) is 6.76. The summed E-state index contributed by atoms with van der Waals surface area (Å²) in [4.78, 5) is 19.3. The van der Waals surface area contributed by atoms with Crippen molar-refractivity contribution in [1.82, 2.24) is 20.1 Å². The number of anilines is 1. The van der Waals surface area contributed by atoms with E-state index in [-0.39, 0.29) is 11.9 Å². The summed E-state index contributed by atoms with van der Waals surface area (Å²) in [6.07, 6.45) is 5.19. The summed E-state index contributed by atoms with van der Waals surface area (Å²) in [5, 5.41) is 8.22. The molecule has 0 saturated carbocycles. The van der Waals surface area contributed by atoms with E-state index in [0.717, 1.165) is 41.1 Å². The number of nitrogens with one attached hydrogen (secondary N) is 1. The van der Waals surface area contributed by atoms with Gasteiger partial charge in [-0.25, -0.2) is 4.98 Å². The van der Waals surface area contributed by atoms with Gasteiger partial charge in [0.15, 0.2) is 5.13 Å². The topological polar surface area (TPSA) is 63.1 Å². The van der Waals surface area contributed by atoms with Gasteiger partial charge in [-0.1, -0.05) is 27.3 Å². The molecule has 3 heterocycles. The van der Waals surface area contributed by atoms with E-state index in [9.17, 15) is 4.79 Å². The number of amides is 1. The van der Waals surface area contributed by atoms with Crippen LogP contribution < -0.4 is 10.2 Å². The molecule has 130 valence electrons. The van der Waals surface area contributed by atoms with Crippen LogP contribution in [0.25, 0.3) is 10.2 Å². The minimum Gasteiger partial charge on any atom is -0.349 e. The molecule has 0 atom stereocenters. The number of carbonyl (C=O) groups is 1.